The molecule has 0 fully saturated rings. The highest BCUT2D eigenvalue weighted by atomic mass is 79.9. The first-order valence-corrected chi connectivity index (χ1v) is 6.42. The summed E-state index contributed by atoms with van der Waals surface area (Å²) in [6.45, 7) is 1.60. The number of carboxylic acid groups (broad SMARTS) is 1. The van der Waals surface area contributed by atoms with Crippen LogP contribution >= 0.6 is 15.9 Å². The monoisotopic (exact) mass is 345 g/mol. The number of hydrogen-bond donors (Lipinski definition) is 2. The van der Waals surface area contributed by atoms with Crippen molar-refractivity contribution in [3.63, 3.8) is 0 Å². The van der Waals surface area contributed by atoms with E-state index in [0.717, 1.165) is 12.1 Å². The van der Waals surface area contributed by atoms with Gasteiger partial charge in [0.25, 0.3) is 0 Å². The third-order valence-corrected chi connectivity index (χ3v) is 3.09. The van der Waals surface area contributed by atoms with Crippen LogP contribution in [0.25, 0.3) is 0 Å². The minimum Gasteiger partial charge on any atom is -0.475 e. The summed E-state index contributed by atoms with van der Waals surface area (Å²) < 4.78 is 32.7. The topological polar surface area (TPSA) is 62.5 Å². The number of aromatic carboxylic acids is 1. The first-order valence-electron chi connectivity index (χ1n) is 5.62. The van der Waals surface area contributed by atoms with Crippen LogP contribution in [0.2, 0.25) is 0 Å². The third-order valence-electron chi connectivity index (χ3n) is 2.63. The summed E-state index contributed by atoms with van der Waals surface area (Å²) in [4.78, 5) is 10.7. The molecule has 1 aromatic carbocycles. The molecule has 1 heterocycles. The van der Waals surface area contributed by atoms with Crippen molar-refractivity contribution in [2.75, 3.05) is 5.32 Å². The highest BCUT2D eigenvalue weighted by Crippen LogP contribution is 2.28. The van der Waals surface area contributed by atoms with E-state index in [4.69, 9.17) is 9.52 Å². The van der Waals surface area contributed by atoms with E-state index in [1.54, 1.807) is 6.92 Å². The number of hydrogen-bond acceptors (Lipinski definition) is 3. The van der Waals surface area contributed by atoms with Crippen molar-refractivity contribution >= 4 is 27.6 Å². The van der Waals surface area contributed by atoms with Crippen LogP contribution in [0.5, 0.6) is 0 Å². The largest absolute Gasteiger partial charge is 0.475 e. The number of benzene rings is 1. The molecule has 1 atom stereocenters. The van der Waals surface area contributed by atoms with Crippen LogP contribution in [0.4, 0.5) is 14.5 Å². The van der Waals surface area contributed by atoms with Gasteiger partial charge in [-0.25, -0.2) is 13.6 Å². The maximum atomic E-state index is 13.7. The fourth-order valence-corrected chi connectivity index (χ4v) is 2.07. The molecular formula is C13H10BrF2NO3. The van der Waals surface area contributed by atoms with Crippen LogP contribution < -0.4 is 5.32 Å². The van der Waals surface area contributed by atoms with Crippen molar-refractivity contribution in [2.24, 2.45) is 0 Å². The van der Waals surface area contributed by atoms with Gasteiger partial charge in [0.15, 0.2) is 0 Å². The van der Waals surface area contributed by atoms with Gasteiger partial charge in [0.2, 0.25) is 5.76 Å². The predicted molar refractivity (Wildman–Crippen MR) is 71.8 cm³/mol. The van der Waals surface area contributed by atoms with E-state index in [9.17, 15) is 13.6 Å². The number of carboxylic acids is 1. The lowest BCUT2D eigenvalue weighted by Crippen LogP contribution is -2.09. The van der Waals surface area contributed by atoms with Gasteiger partial charge in [-0.05, 0) is 31.2 Å². The average Bonchev–Trinajstić information content (AvgIpc) is 2.83. The zero-order valence-electron chi connectivity index (χ0n) is 10.3. The molecule has 0 saturated carbocycles. The Morgan fingerprint density at radius 3 is 2.45 bits per heavy atom. The standard InChI is InChI=1S/C13H10BrF2NO3/c1-6(10-2-3-11(20-10)13(18)19)17-12-8(15)4-7(14)5-9(12)16/h2-6,17H,1H3,(H,18,19). The van der Waals surface area contributed by atoms with Crippen LogP contribution in [-0.2, 0) is 0 Å². The smallest absolute Gasteiger partial charge is 0.371 e. The molecule has 0 spiro atoms. The van der Waals surface area contributed by atoms with Gasteiger partial charge in [0.05, 0.1) is 6.04 Å². The van der Waals surface area contributed by atoms with E-state index in [0.29, 0.717) is 0 Å². The first-order chi connectivity index (χ1) is 9.38. The summed E-state index contributed by atoms with van der Waals surface area (Å²) >= 11 is 2.99. The average molecular weight is 346 g/mol. The molecule has 0 saturated heterocycles. The van der Waals surface area contributed by atoms with Crippen molar-refractivity contribution < 1.29 is 23.1 Å². The summed E-state index contributed by atoms with van der Waals surface area (Å²) in [6, 6.07) is 4.39. The fraction of sp³-hybridized carbons (Fsp3) is 0.154. The van der Waals surface area contributed by atoms with Crippen LogP contribution in [0, 0.1) is 11.6 Å². The third kappa shape index (κ3) is 2.98. The Morgan fingerprint density at radius 2 is 1.95 bits per heavy atom. The van der Waals surface area contributed by atoms with Crippen molar-refractivity contribution in [1.29, 1.82) is 0 Å². The van der Waals surface area contributed by atoms with Gasteiger partial charge in [-0.1, -0.05) is 15.9 Å². The Hall–Kier alpha value is -1.89. The van der Waals surface area contributed by atoms with E-state index < -0.39 is 23.6 Å². The molecule has 1 unspecified atom stereocenters. The van der Waals surface area contributed by atoms with Gasteiger partial charge >= 0.3 is 5.97 Å². The number of nitrogens with one attached hydrogen (secondary N) is 1. The maximum absolute atomic E-state index is 13.7. The van der Waals surface area contributed by atoms with E-state index in [-0.39, 0.29) is 21.7 Å². The molecule has 106 valence electrons. The second-order valence-electron chi connectivity index (χ2n) is 4.12. The summed E-state index contributed by atoms with van der Waals surface area (Å²) in [5, 5.41) is 11.4. The van der Waals surface area contributed by atoms with E-state index in [2.05, 4.69) is 21.2 Å². The normalized spacial score (nSPS) is 12.2. The molecule has 0 bridgehead atoms. The summed E-state index contributed by atoms with van der Waals surface area (Å²) in [7, 11) is 0. The lowest BCUT2D eigenvalue weighted by molar-refractivity contribution is 0.0660. The van der Waals surface area contributed by atoms with Crippen LogP contribution in [0.3, 0.4) is 0 Å². The molecule has 0 aliphatic heterocycles. The SMILES string of the molecule is CC(Nc1c(F)cc(Br)cc1F)c1ccc(C(=O)O)o1. The van der Waals surface area contributed by atoms with Crippen LogP contribution in [0.15, 0.2) is 33.2 Å². The lowest BCUT2D eigenvalue weighted by atomic mass is 10.2. The van der Waals surface area contributed by atoms with Gasteiger partial charge in [-0.2, -0.15) is 0 Å². The zero-order chi connectivity index (χ0) is 14.9. The highest BCUT2D eigenvalue weighted by molar-refractivity contribution is 9.10. The molecule has 4 nitrogen and oxygen atoms in total. The predicted octanol–water partition coefficient (Wildman–Crippen LogP) is 4.19. The second kappa shape index (κ2) is 5.62. The zero-order valence-corrected chi connectivity index (χ0v) is 11.9. The number of carbonyl (C=O) groups is 1. The van der Waals surface area contributed by atoms with Gasteiger partial charge in [0, 0.05) is 4.47 Å². The van der Waals surface area contributed by atoms with Gasteiger partial charge in [-0.15, -0.1) is 0 Å². The molecule has 7 heteroatoms. The summed E-state index contributed by atoms with van der Waals surface area (Å²) in [6.07, 6.45) is 0. The van der Waals surface area contributed by atoms with Gasteiger partial charge in [0.1, 0.15) is 23.1 Å². The number of anilines is 1. The molecule has 2 rings (SSSR count). The van der Waals surface area contributed by atoms with Gasteiger partial charge in [-0.3, -0.25) is 0 Å². The lowest BCUT2D eigenvalue weighted by Gasteiger charge is -2.14. The Balaban J connectivity index is 2.23. The Kier molecular flexibility index (Phi) is 4.08. The molecule has 0 radical (unpaired) electrons. The second-order valence-corrected chi connectivity index (χ2v) is 5.03. The minimum absolute atomic E-state index is 0.231. The maximum Gasteiger partial charge on any atom is 0.371 e. The van der Waals surface area contributed by atoms with Crippen LogP contribution in [-0.4, -0.2) is 11.1 Å². The highest BCUT2D eigenvalue weighted by Gasteiger charge is 2.18. The molecule has 2 aromatic rings. The molecular weight excluding hydrogens is 336 g/mol. The summed E-state index contributed by atoms with van der Waals surface area (Å²) in [5.41, 5.74) is -0.297. The molecule has 2 N–H and O–H groups in total. The summed E-state index contributed by atoms with van der Waals surface area (Å²) in [5.74, 6) is -2.68. The van der Waals surface area contributed by atoms with Crippen molar-refractivity contribution in [3.8, 4) is 0 Å². The van der Waals surface area contributed by atoms with Crippen LogP contribution in [0.1, 0.15) is 29.3 Å². The Morgan fingerprint density at radius 1 is 1.35 bits per heavy atom. The molecule has 0 amide bonds. The van der Waals surface area contributed by atoms with E-state index >= 15 is 0 Å². The number of halogens is 3. The number of furan rings is 1. The fourth-order valence-electron chi connectivity index (χ4n) is 1.67. The van der Waals surface area contributed by atoms with Crippen molar-refractivity contribution in [3.05, 3.63) is 51.9 Å². The molecule has 20 heavy (non-hydrogen) atoms. The van der Waals surface area contributed by atoms with E-state index in [1.807, 2.05) is 0 Å². The minimum atomic E-state index is -1.20. The molecule has 1 aromatic heterocycles. The number of rotatable bonds is 4. The Bertz CT molecular complexity index is 634. The van der Waals surface area contributed by atoms with Crippen molar-refractivity contribution in [1.82, 2.24) is 0 Å². The first kappa shape index (κ1) is 14.5. The quantitative estimate of drug-likeness (QED) is 0.871. The molecule has 0 aliphatic rings. The Labute approximate surface area is 121 Å². The van der Waals surface area contributed by atoms with E-state index in [1.165, 1.54) is 12.1 Å². The molecule has 0 aliphatic carbocycles. The van der Waals surface area contributed by atoms with Gasteiger partial charge < -0.3 is 14.8 Å². The van der Waals surface area contributed by atoms with Crippen molar-refractivity contribution in [2.45, 2.75) is 13.0 Å².